The van der Waals surface area contributed by atoms with Crippen molar-refractivity contribution < 1.29 is 24.1 Å². The molecule has 1 saturated heterocycles. The van der Waals surface area contributed by atoms with Crippen molar-refractivity contribution in [2.24, 2.45) is 0 Å². The maximum atomic E-state index is 10.4. The van der Waals surface area contributed by atoms with E-state index in [4.69, 9.17) is 14.6 Å². The summed E-state index contributed by atoms with van der Waals surface area (Å²) in [6.07, 6.45) is -0.124. The summed E-state index contributed by atoms with van der Waals surface area (Å²) in [5, 5.41) is 8.54. The van der Waals surface area contributed by atoms with Gasteiger partial charge in [-0.2, -0.15) is 0 Å². The number of halogens is 1. The summed E-state index contributed by atoms with van der Waals surface area (Å²) in [5.74, 6) is -2.49. The molecular weight excluding hydrogens is 155 g/mol. The van der Waals surface area contributed by atoms with E-state index in [9.17, 15) is 4.79 Å². The first-order valence-corrected chi connectivity index (χ1v) is 3.10. The molecule has 11 heavy (non-hydrogen) atoms. The Balaban J connectivity index is 0.000001000. The second-order valence-corrected chi connectivity index (χ2v) is 2.49. The lowest BCUT2D eigenvalue weighted by molar-refractivity contribution is -0.198. The Morgan fingerprint density at radius 3 is 2.45 bits per heavy atom. The van der Waals surface area contributed by atoms with E-state index >= 15 is 0 Å². The van der Waals surface area contributed by atoms with E-state index in [2.05, 4.69) is 0 Å². The topological polar surface area (TPSA) is 55.8 Å². The molecule has 1 fully saturated rings. The monoisotopic (exact) mass is 166 g/mol. The molecule has 0 spiro atoms. The Morgan fingerprint density at radius 2 is 2.27 bits per heavy atom. The van der Waals surface area contributed by atoms with Gasteiger partial charge >= 0.3 is 5.97 Å². The summed E-state index contributed by atoms with van der Waals surface area (Å²) < 4.78 is 9.88. The van der Waals surface area contributed by atoms with Gasteiger partial charge in [-0.1, -0.05) is 0 Å². The van der Waals surface area contributed by atoms with Crippen molar-refractivity contribution in [3.63, 3.8) is 0 Å². The van der Waals surface area contributed by atoms with E-state index in [1.807, 2.05) is 0 Å². The summed E-state index contributed by atoms with van der Waals surface area (Å²) in [4.78, 5) is 10.4. The molecule has 0 saturated carbocycles. The fourth-order valence-electron chi connectivity index (χ4n) is 0.840. The lowest BCUT2D eigenvalue weighted by Gasteiger charge is -2.16. The standard InChI is InChI=1S/C6H10O4.FH/c1-4-3-9-6(2,10-4)5(7)8;/h4H,3H2,1-2H3,(H,7,8);1H. The Labute approximate surface area is 63.5 Å². The van der Waals surface area contributed by atoms with E-state index in [0.29, 0.717) is 6.61 Å². The zero-order chi connectivity index (χ0) is 7.78. The number of carbonyl (C=O) groups is 1. The molecule has 1 aliphatic heterocycles. The molecule has 0 bridgehead atoms. The molecule has 0 radical (unpaired) electrons. The van der Waals surface area contributed by atoms with Crippen LogP contribution in [0.5, 0.6) is 0 Å². The van der Waals surface area contributed by atoms with Crippen molar-refractivity contribution in [2.45, 2.75) is 25.7 Å². The van der Waals surface area contributed by atoms with Crippen molar-refractivity contribution in [2.75, 3.05) is 6.61 Å². The molecule has 1 rings (SSSR count). The van der Waals surface area contributed by atoms with Crippen molar-refractivity contribution in [3.8, 4) is 0 Å². The van der Waals surface area contributed by atoms with Crippen LogP contribution in [-0.4, -0.2) is 29.6 Å². The SMILES string of the molecule is CC1COC(C)(C(=O)O)O1.F. The highest BCUT2D eigenvalue weighted by Gasteiger charge is 2.42. The smallest absolute Gasteiger partial charge is 0.364 e. The van der Waals surface area contributed by atoms with Crippen LogP contribution in [0, 0.1) is 0 Å². The van der Waals surface area contributed by atoms with Crippen LogP contribution in [-0.2, 0) is 14.3 Å². The number of rotatable bonds is 1. The van der Waals surface area contributed by atoms with E-state index < -0.39 is 11.8 Å². The Kier molecular flexibility index (Phi) is 2.95. The van der Waals surface area contributed by atoms with Gasteiger partial charge in [-0.05, 0) is 6.92 Å². The minimum atomic E-state index is -1.42. The molecule has 1 heterocycles. The van der Waals surface area contributed by atoms with Crippen molar-refractivity contribution in [1.29, 1.82) is 0 Å². The molecule has 2 unspecified atom stereocenters. The number of hydrogen-bond acceptors (Lipinski definition) is 3. The third-order valence-electron chi connectivity index (χ3n) is 1.41. The highest BCUT2D eigenvalue weighted by molar-refractivity contribution is 5.75. The third-order valence-corrected chi connectivity index (χ3v) is 1.41. The number of aliphatic carboxylic acids is 1. The molecule has 0 aliphatic carbocycles. The van der Waals surface area contributed by atoms with Gasteiger partial charge in [0.25, 0.3) is 5.79 Å². The molecule has 1 N–H and O–H groups in total. The van der Waals surface area contributed by atoms with Gasteiger partial charge in [0.2, 0.25) is 0 Å². The molecule has 2 atom stereocenters. The molecule has 0 aromatic rings. The van der Waals surface area contributed by atoms with Crippen LogP contribution in [0.4, 0.5) is 4.70 Å². The number of ether oxygens (including phenoxy) is 2. The molecule has 0 aromatic heterocycles. The summed E-state index contributed by atoms with van der Waals surface area (Å²) in [6, 6.07) is 0. The van der Waals surface area contributed by atoms with E-state index in [-0.39, 0.29) is 10.8 Å². The Bertz CT molecular complexity index is 161. The van der Waals surface area contributed by atoms with Crippen LogP contribution in [0.25, 0.3) is 0 Å². The molecule has 1 aliphatic rings. The van der Waals surface area contributed by atoms with E-state index in [0.717, 1.165) is 0 Å². The van der Waals surface area contributed by atoms with Crippen molar-refractivity contribution in [3.05, 3.63) is 0 Å². The highest BCUT2D eigenvalue weighted by Crippen LogP contribution is 2.22. The number of carboxylic acids is 1. The molecule has 5 heteroatoms. The number of carboxylic acid groups (broad SMARTS) is 1. The first-order chi connectivity index (χ1) is 4.54. The lowest BCUT2D eigenvalue weighted by atomic mass is 10.3. The third kappa shape index (κ3) is 1.87. The minimum absolute atomic E-state index is 0. The largest absolute Gasteiger partial charge is 0.477 e. The Morgan fingerprint density at radius 1 is 1.73 bits per heavy atom. The Hall–Kier alpha value is -0.680. The molecule has 66 valence electrons. The lowest BCUT2D eigenvalue weighted by Crippen LogP contribution is -2.36. The van der Waals surface area contributed by atoms with Gasteiger partial charge in [0, 0.05) is 6.92 Å². The predicted molar refractivity (Wildman–Crippen MR) is 35.0 cm³/mol. The zero-order valence-electron chi connectivity index (χ0n) is 6.36. The van der Waals surface area contributed by atoms with Gasteiger partial charge in [-0.25, -0.2) is 4.79 Å². The van der Waals surface area contributed by atoms with Crippen LogP contribution in [0.2, 0.25) is 0 Å². The van der Waals surface area contributed by atoms with Gasteiger partial charge < -0.3 is 14.6 Å². The second-order valence-electron chi connectivity index (χ2n) is 2.49. The molecular formula is C6H11FO4. The summed E-state index contributed by atoms with van der Waals surface area (Å²) >= 11 is 0. The fourth-order valence-corrected chi connectivity index (χ4v) is 0.840. The molecule has 0 amide bonds. The normalized spacial score (nSPS) is 36.4. The molecule has 0 aromatic carbocycles. The highest BCUT2D eigenvalue weighted by atomic mass is 19.0. The summed E-state index contributed by atoms with van der Waals surface area (Å²) in [7, 11) is 0. The van der Waals surface area contributed by atoms with Crippen LogP contribution in [0.15, 0.2) is 0 Å². The van der Waals surface area contributed by atoms with Crippen molar-refractivity contribution >= 4 is 5.97 Å². The van der Waals surface area contributed by atoms with Crippen LogP contribution in [0.3, 0.4) is 0 Å². The summed E-state index contributed by atoms with van der Waals surface area (Å²) in [5.41, 5.74) is 0. The van der Waals surface area contributed by atoms with Crippen LogP contribution >= 0.6 is 0 Å². The van der Waals surface area contributed by atoms with E-state index in [1.54, 1.807) is 6.92 Å². The van der Waals surface area contributed by atoms with Gasteiger partial charge in [0.15, 0.2) is 0 Å². The average Bonchev–Trinajstić information content (AvgIpc) is 2.13. The first kappa shape index (κ1) is 10.3. The second kappa shape index (κ2) is 3.15. The predicted octanol–water partition coefficient (Wildman–Crippen LogP) is 0.375. The average molecular weight is 166 g/mol. The number of hydrogen-bond donors (Lipinski definition) is 1. The summed E-state index contributed by atoms with van der Waals surface area (Å²) in [6.45, 7) is 3.52. The van der Waals surface area contributed by atoms with Crippen LogP contribution < -0.4 is 0 Å². The van der Waals surface area contributed by atoms with Gasteiger partial charge in [0.05, 0.1) is 12.7 Å². The van der Waals surface area contributed by atoms with Gasteiger partial charge in [0.1, 0.15) is 0 Å². The van der Waals surface area contributed by atoms with Crippen LogP contribution in [0.1, 0.15) is 13.8 Å². The quantitative estimate of drug-likeness (QED) is 0.611. The van der Waals surface area contributed by atoms with Gasteiger partial charge in [-0.3, -0.25) is 4.70 Å². The molecule has 4 nitrogen and oxygen atoms in total. The maximum Gasteiger partial charge on any atom is 0.364 e. The minimum Gasteiger partial charge on any atom is -0.477 e. The van der Waals surface area contributed by atoms with E-state index in [1.165, 1.54) is 6.92 Å². The maximum absolute atomic E-state index is 10.4. The fraction of sp³-hybridized carbons (Fsp3) is 0.833. The first-order valence-electron chi connectivity index (χ1n) is 3.10. The van der Waals surface area contributed by atoms with Crippen molar-refractivity contribution in [1.82, 2.24) is 0 Å². The van der Waals surface area contributed by atoms with Gasteiger partial charge in [-0.15, -0.1) is 0 Å². The zero-order valence-corrected chi connectivity index (χ0v) is 6.36.